The SMILES string of the molecule is N=C1C=C(F)C(N2CCOCC2)CC1. The molecule has 0 bridgehead atoms. The first-order valence-corrected chi connectivity index (χ1v) is 5.03. The van der Waals surface area contributed by atoms with Crippen molar-refractivity contribution in [3.63, 3.8) is 0 Å². The van der Waals surface area contributed by atoms with Crippen LogP contribution < -0.4 is 0 Å². The van der Waals surface area contributed by atoms with Crippen LogP contribution in [-0.4, -0.2) is 43.0 Å². The molecule has 1 N–H and O–H groups in total. The van der Waals surface area contributed by atoms with Crippen LogP contribution in [0.5, 0.6) is 0 Å². The molecule has 0 aromatic rings. The molecule has 0 aromatic heterocycles. The Morgan fingerprint density at radius 2 is 2.14 bits per heavy atom. The third kappa shape index (κ3) is 2.01. The molecule has 0 radical (unpaired) electrons. The third-order valence-electron chi connectivity index (χ3n) is 2.80. The Bertz CT molecular complexity index is 259. The van der Waals surface area contributed by atoms with Crippen LogP contribution >= 0.6 is 0 Å². The van der Waals surface area contributed by atoms with Gasteiger partial charge in [0, 0.05) is 18.8 Å². The fraction of sp³-hybridized carbons (Fsp3) is 0.700. The van der Waals surface area contributed by atoms with Crippen molar-refractivity contribution < 1.29 is 9.13 Å². The smallest absolute Gasteiger partial charge is 0.119 e. The molecule has 2 aliphatic rings. The highest BCUT2D eigenvalue weighted by atomic mass is 19.1. The number of rotatable bonds is 1. The zero-order chi connectivity index (χ0) is 9.97. The number of allylic oxidation sites excluding steroid dienone is 1. The summed E-state index contributed by atoms with van der Waals surface area (Å²) >= 11 is 0. The fourth-order valence-corrected chi connectivity index (χ4v) is 2.01. The average Bonchev–Trinajstić information content (AvgIpc) is 2.19. The molecular formula is C10H15FN2O. The van der Waals surface area contributed by atoms with Crippen molar-refractivity contribution in [2.75, 3.05) is 26.3 Å². The van der Waals surface area contributed by atoms with E-state index in [1.165, 1.54) is 6.08 Å². The molecule has 0 aromatic carbocycles. The molecule has 2 rings (SSSR count). The van der Waals surface area contributed by atoms with Crippen molar-refractivity contribution in [1.82, 2.24) is 4.90 Å². The Morgan fingerprint density at radius 3 is 2.79 bits per heavy atom. The average molecular weight is 198 g/mol. The summed E-state index contributed by atoms with van der Waals surface area (Å²) in [5, 5.41) is 7.36. The highest BCUT2D eigenvalue weighted by molar-refractivity contribution is 5.93. The first-order valence-electron chi connectivity index (χ1n) is 5.03. The van der Waals surface area contributed by atoms with Gasteiger partial charge in [0.25, 0.3) is 0 Å². The monoisotopic (exact) mass is 198 g/mol. The lowest BCUT2D eigenvalue weighted by Gasteiger charge is -2.35. The van der Waals surface area contributed by atoms with Gasteiger partial charge in [0.05, 0.1) is 19.3 Å². The second kappa shape index (κ2) is 4.19. The fourth-order valence-electron chi connectivity index (χ4n) is 2.01. The third-order valence-corrected chi connectivity index (χ3v) is 2.80. The summed E-state index contributed by atoms with van der Waals surface area (Å²) in [7, 11) is 0. The summed E-state index contributed by atoms with van der Waals surface area (Å²) in [6, 6.07) is -0.104. The van der Waals surface area contributed by atoms with Crippen LogP contribution in [0.1, 0.15) is 12.8 Å². The number of nitrogens with zero attached hydrogens (tertiary/aromatic N) is 1. The Kier molecular flexibility index (Phi) is 2.93. The van der Waals surface area contributed by atoms with Crippen molar-refractivity contribution in [1.29, 1.82) is 5.41 Å². The van der Waals surface area contributed by atoms with E-state index >= 15 is 0 Å². The van der Waals surface area contributed by atoms with Gasteiger partial charge in [-0.25, -0.2) is 4.39 Å². The Balaban J connectivity index is 2.03. The molecule has 1 saturated heterocycles. The molecule has 0 amide bonds. The van der Waals surface area contributed by atoms with Crippen molar-refractivity contribution in [3.8, 4) is 0 Å². The van der Waals surface area contributed by atoms with Crippen LogP contribution in [0.15, 0.2) is 11.9 Å². The lowest BCUT2D eigenvalue weighted by atomic mass is 9.98. The second-order valence-electron chi connectivity index (χ2n) is 3.76. The molecule has 1 aliphatic carbocycles. The van der Waals surface area contributed by atoms with E-state index in [0.717, 1.165) is 19.5 Å². The molecule has 1 fully saturated rings. The maximum Gasteiger partial charge on any atom is 0.119 e. The number of morpholine rings is 1. The van der Waals surface area contributed by atoms with E-state index in [1.807, 2.05) is 0 Å². The van der Waals surface area contributed by atoms with Crippen molar-refractivity contribution in [2.24, 2.45) is 0 Å². The molecule has 1 aliphatic heterocycles. The predicted octanol–water partition coefficient (Wildman–Crippen LogP) is 1.35. The predicted molar refractivity (Wildman–Crippen MR) is 52.3 cm³/mol. The molecule has 4 heteroatoms. The zero-order valence-corrected chi connectivity index (χ0v) is 8.13. The second-order valence-corrected chi connectivity index (χ2v) is 3.76. The molecule has 78 valence electrons. The van der Waals surface area contributed by atoms with E-state index in [9.17, 15) is 4.39 Å². The molecule has 0 spiro atoms. The van der Waals surface area contributed by atoms with Gasteiger partial charge in [0.1, 0.15) is 5.83 Å². The molecule has 0 saturated carbocycles. The van der Waals surface area contributed by atoms with Crippen LogP contribution in [0.3, 0.4) is 0 Å². The number of hydrogen-bond donors (Lipinski definition) is 1. The van der Waals surface area contributed by atoms with Crippen LogP contribution in [0.25, 0.3) is 0 Å². The van der Waals surface area contributed by atoms with Gasteiger partial charge in [0.2, 0.25) is 0 Å². The number of hydrogen-bond acceptors (Lipinski definition) is 3. The summed E-state index contributed by atoms with van der Waals surface area (Å²) in [6.07, 6.45) is 2.79. The van der Waals surface area contributed by atoms with Crippen molar-refractivity contribution >= 4 is 5.71 Å². The molecule has 1 unspecified atom stereocenters. The summed E-state index contributed by atoms with van der Waals surface area (Å²) in [5.74, 6) is -0.150. The molecule has 14 heavy (non-hydrogen) atoms. The van der Waals surface area contributed by atoms with Crippen LogP contribution in [0.4, 0.5) is 4.39 Å². The van der Waals surface area contributed by atoms with Gasteiger partial charge in [-0.05, 0) is 18.9 Å². The lowest BCUT2D eigenvalue weighted by Crippen LogP contribution is -2.45. The minimum Gasteiger partial charge on any atom is -0.379 e. The molecule has 1 heterocycles. The van der Waals surface area contributed by atoms with Crippen LogP contribution in [0.2, 0.25) is 0 Å². The summed E-state index contributed by atoms with van der Waals surface area (Å²) in [6.45, 7) is 3.00. The highest BCUT2D eigenvalue weighted by Gasteiger charge is 2.27. The van der Waals surface area contributed by atoms with Gasteiger partial charge < -0.3 is 10.1 Å². The quantitative estimate of drug-likeness (QED) is 0.690. The van der Waals surface area contributed by atoms with E-state index < -0.39 is 0 Å². The Hall–Kier alpha value is -0.740. The van der Waals surface area contributed by atoms with E-state index in [1.54, 1.807) is 0 Å². The van der Waals surface area contributed by atoms with E-state index in [-0.39, 0.29) is 11.9 Å². The van der Waals surface area contributed by atoms with Gasteiger partial charge in [-0.2, -0.15) is 0 Å². The van der Waals surface area contributed by atoms with Gasteiger partial charge in [-0.15, -0.1) is 0 Å². The Morgan fingerprint density at radius 1 is 1.43 bits per heavy atom. The maximum absolute atomic E-state index is 13.5. The number of nitrogens with one attached hydrogen (secondary N) is 1. The zero-order valence-electron chi connectivity index (χ0n) is 8.13. The topological polar surface area (TPSA) is 36.3 Å². The standard InChI is InChI=1S/C10H15FN2O/c11-9-7-8(12)1-2-10(9)13-3-5-14-6-4-13/h7,10,12H,1-6H2. The van der Waals surface area contributed by atoms with Crippen molar-refractivity contribution in [2.45, 2.75) is 18.9 Å². The normalized spacial score (nSPS) is 30.2. The maximum atomic E-state index is 13.5. The van der Waals surface area contributed by atoms with Crippen LogP contribution in [0, 0.1) is 5.41 Å². The van der Waals surface area contributed by atoms with Gasteiger partial charge in [-0.3, -0.25) is 4.90 Å². The van der Waals surface area contributed by atoms with E-state index in [2.05, 4.69) is 4.90 Å². The van der Waals surface area contributed by atoms with Gasteiger partial charge >= 0.3 is 0 Å². The summed E-state index contributed by atoms with van der Waals surface area (Å²) in [4.78, 5) is 2.11. The van der Waals surface area contributed by atoms with Crippen molar-refractivity contribution in [3.05, 3.63) is 11.9 Å². The first-order chi connectivity index (χ1) is 6.77. The molecule has 3 nitrogen and oxygen atoms in total. The summed E-state index contributed by atoms with van der Waals surface area (Å²) in [5.41, 5.74) is 0.409. The largest absolute Gasteiger partial charge is 0.379 e. The van der Waals surface area contributed by atoms with E-state index in [0.29, 0.717) is 25.3 Å². The highest BCUT2D eigenvalue weighted by Crippen LogP contribution is 2.23. The Labute approximate surface area is 83.0 Å². The molecule has 1 atom stereocenters. The van der Waals surface area contributed by atoms with E-state index in [4.69, 9.17) is 10.1 Å². The molecular weight excluding hydrogens is 183 g/mol. The summed E-state index contributed by atoms with van der Waals surface area (Å²) < 4.78 is 18.7. The number of ether oxygens (including phenoxy) is 1. The first kappa shape index (κ1) is 9.80. The minimum atomic E-state index is -0.150. The van der Waals surface area contributed by atoms with Gasteiger partial charge in [0.15, 0.2) is 0 Å². The minimum absolute atomic E-state index is 0.104. The number of halogens is 1. The lowest BCUT2D eigenvalue weighted by molar-refractivity contribution is 0.0180. The van der Waals surface area contributed by atoms with Gasteiger partial charge in [-0.1, -0.05) is 0 Å². The van der Waals surface area contributed by atoms with Crippen LogP contribution in [-0.2, 0) is 4.74 Å².